The molecule has 0 fully saturated rings. The van der Waals surface area contributed by atoms with Crippen LogP contribution in [0.15, 0.2) is 0 Å². The van der Waals surface area contributed by atoms with E-state index in [9.17, 15) is 9.59 Å². The minimum absolute atomic E-state index is 0.167. The molecule has 4 heteroatoms. The topological polar surface area (TPSA) is 52.6 Å². The molecular weight excluding hydrogens is 196 g/mol. The van der Waals surface area contributed by atoms with Crippen LogP contribution < -0.4 is 0 Å². The molecule has 92 valence electrons. The van der Waals surface area contributed by atoms with Gasteiger partial charge in [0.2, 0.25) is 0 Å². The highest BCUT2D eigenvalue weighted by atomic mass is 16.5. The van der Waals surface area contributed by atoms with Crippen LogP contribution in [0.1, 0.15) is 41.5 Å². The third-order valence-electron chi connectivity index (χ3n) is 0.756. The lowest BCUT2D eigenvalue weighted by Crippen LogP contribution is -1.95. The molecule has 15 heavy (non-hydrogen) atoms. The van der Waals surface area contributed by atoms with E-state index in [2.05, 4.69) is 4.74 Å². The SMILES string of the molecule is CC(C)=O.CCOC(C)=O.CCOCC. The number of hydrogen-bond acceptors (Lipinski definition) is 4. The van der Waals surface area contributed by atoms with E-state index in [1.165, 1.54) is 20.8 Å². The van der Waals surface area contributed by atoms with Gasteiger partial charge in [-0.2, -0.15) is 0 Å². The molecule has 0 radical (unpaired) electrons. The highest BCUT2D eigenvalue weighted by Crippen LogP contribution is 1.69. The molecule has 0 saturated carbocycles. The Labute approximate surface area is 93.0 Å². The van der Waals surface area contributed by atoms with Gasteiger partial charge in [0.25, 0.3) is 0 Å². The first kappa shape index (κ1) is 19.6. The van der Waals surface area contributed by atoms with Crippen molar-refractivity contribution in [3.05, 3.63) is 0 Å². The highest BCUT2D eigenvalue weighted by molar-refractivity contribution is 5.72. The largest absolute Gasteiger partial charge is 0.466 e. The van der Waals surface area contributed by atoms with Crippen molar-refractivity contribution in [2.45, 2.75) is 41.5 Å². The summed E-state index contributed by atoms with van der Waals surface area (Å²) >= 11 is 0. The number of esters is 1. The summed E-state index contributed by atoms with van der Waals surface area (Å²) in [6, 6.07) is 0. The zero-order chi connectivity index (χ0) is 12.7. The molecule has 0 aromatic heterocycles. The molecule has 0 aliphatic heterocycles. The number of rotatable bonds is 3. The fourth-order valence-electron chi connectivity index (χ4n) is 0.407. The number of carbonyl (C=O) groups excluding carboxylic acids is 2. The molecule has 0 aliphatic rings. The Morgan fingerprint density at radius 1 is 0.867 bits per heavy atom. The van der Waals surface area contributed by atoms with Crippen LogP contribution in [0, 0.1) is 0 Å². The van der Waals surface area contributed by atoms with Crippen LogP contribution in [0.3, 0.4) is 0 Å². The number of hydrogen-bond donors (Lipinski definition) is 0. The Bertz CT molecular complexity index is 138. The molecule has 0 bridgehead atoms. The van der Waals surface area contributed by atoms with Gasteiger partial charge < -0.3 is 14.3 Å². The van der Waals surface area contributed by atoms with Crippen molar-refractivity contribution in [1.82, 2.24) is 0 Å². The van der Waals surface area contributed by atoms with Crippen molar-refractivity contribution in [3.63, 3.8) is 0 Å². The predicted octanol–water partition coefficient (Wildman–Crippen LogP) is 2.21. The summed E-state index contributed by atoms with van der Waals surface area (Å²) in [5.41, 5.74) is 0. The number of ether oxygens (including phenoxy) is 2. The van der Waals surface area contributed by atoms with E-state index in [0.29, 0.717) is 6.61 Å². The summed E-state index contributed by atoms with van der Waals surface area (Å²) < 4.78 is 9.24. The molecule has 0 atom stereocenters. The summed E-state index contributed by atoms with van der Waals surface area (Å²) in [6.07, 6.45) is 0. The molecule has 4 nitrogen and oxygen atoms in total. The Morgan fingerprint density at radius 3 is 1.20 bits per heavy atom. The van der Waals surface area contributed by atoms with Gasteiger partial charge in [-0.05, 0) is 34.6 Å². The Kier molecular flexibility index (Phi) is 24.6. The predicted molar refractivity (Wildman–Crippen MR) is 60.8 cm³/mol. The van der Waals surface area contributed by atoms with Crippen LogP contribution in [-0.4, -0.2) is 31.6 Å². The fraction of sp³-hybridized carbons (Fsp3) is 0.818. The highest BCUT2D eigenvalue weighted by Gasteiger charge is 1.81. The normalized spacial score (nSPS) is 7.60. The molecular formula is C11H24O4. The smallest absolute Gasteiger partial charge is 0.302 e. The third-order valence-corrected chi connectivity index (χ3v) is 0.756. The van der Waals surface area contributed by atoms with Crippen molar-refractivity contribution in [2.24, 2.45) is 0 Å². The van der Waals surface area contributed by atoms with Crippen molar-refractivity contribution in [3.8, 4) is 0 Å². The van der Waals surface area contributed by atoms with Crippen LogP contribution in [0.2, 0.25) is 0 Å². The van der Waals surface area contributed by atoms with Gasteiger partial charge in [0.15, 0.2) is 0 Å². The average molecular weight is 220 g/mol. The van der Waals surface area contributed by atoms with Gasteiger partial charge in [0, 0.05) is 20.1 Å². The Morgan fingerprint density at radius 2 is 1.20 bits per heavy atom. The number of carbonyl (C=O) groups is 2. The molecule has 0 aromatic carbocycles. The molecule has 0 amide bonds. The van der Waals surface area contributed by atoms with Crippen molar-refractivity contribution >= 4 is 11.8 Å². The summed E-state index contributed by atoms with van der Waals surface area (Å²) in [7, 11) is 0. The lowest BCUT2D eigenvalue weighted by molar-refractivity contribution is -0.140. The van der Waals surface area contributed by atoms with Crippen LogP contribution in [0.5, 0.6) is 0 Å². The zero-order valence-electron chi connectivity index (χ0n) is 10.8. The number of ketones is 1. The van der Waals surface area contributed by atoms with Gasteiger partial charge in [-0.15, -0.1) is 0 Å². The summed E-state index contributed by atoms with van der Waals surface area (Å²) in [5, 5.41) is 0. The standard InChI is InChI=1S/C4H8O2.C4H10O.C3H6O/c1-3-6-4(2)5;1-3-5-4-2;1-3(2)4/h3H2,1-2H3;3-4H2,1-2H3;1-2H3. The van der Waals surface area contributed by atoms with E-state index < -0.39 is 0 Å². The molecule has 0 saturated heterocycles. The minimum Gasteiger partial charge on any atom is -0.466 e. The van der Waals surface area contributed by atoms with Crippen LogP contribution in [-0.2, 0) is 19.1 Å². The molecule has 0 unspecified atom stereocenters. The summed E-state index contributed by atoms with van der Waals surface area (Å²) in [5.74, 6) is -0.0440. The minimum atomic E-state index is -0.211. The van der Waals surface area contributed by atoms with Gasteiger partial charge >= 0.3 is 5.97 Å². The third kappa shape index (κ3) is 96.0. The summed E-state index contributed by atoms with van der Waals surface area (Å²) in [6.45, 7) is 12.4. The van der Waals surface area contributed by atoms with E-state index in [1.807, 2.05) is 13.8 Å². The van der Waals surface area contributed by atoms with E-state index in [0.717, 1.165) is 13.2 Å². The van der Waals surface area contributed by atoms with Crippen LogP contribution in [0.25, 0.3) is 0 Å². The first-order valence-corrected chi connectivity index (χ1v) is 5.10. The first-order chi connectivity index (χ1) is 6.92. The van der Waals surface area contributed by atoms with E-state index in [1.54, 1.807) is 6.92 Å². The quantitative estimate of drug-likeness (QED) is 0.684. The lowest BCUT2D eigenvalue weighted by atomic mass is 10.6. The van der Waals surface area contributed by atoms with Crippen LogP contribution in [0.4, 0.5) is 0 Å². The van der Waals surface area contributed by atoms with E-state index in [4.69, 9.17) is 4.74 Å². The molecule has 0 rings (SSSR count). The molecule has 0 aromatic rings. The van der Waals surface area contributed by atoms with Gasteiger partial charge in [0.05, 0.1) is 6.61 Å². The maximum Gasteiger partial charge on any atom is 0.302 e. The Hall–Kier alpha value is -0.900. The molecule has 0 spiro atoms. The zero-order valence-corrected chi connectivity index (χ0v) is 10.8. The van der Waals surface area contributed by atoms with Gasteiger partial charge in [0.1, 0.15) is 5.78 Å². The molecule has 0 N–H and O–H groups in total. The summed E-state index contributed by atoms with van der Waals surface area (Å²) in [4.78, 5) is 19.3. The molecule has 0 heterocycles. The van der Waals surface area contributed by atoms with Crippen LogP contribution >= 0.6 is 0 Å². The molecule has 0 aliphatic carbocycles. The van der Waals surface area contributed by atoms with Gasteiger partial charge in [-0.1, -0.05) is 0 Å². The fourth-order valence-corrected chi connectivity index (χ4v) is 0.407. The second-order valence-corrected chi connectivity index (χ2v) is 2.61. The average Bonchev–Trinajstić information content (AvgIpc) is 2.05. The van der Waals surface area contributed by atoms with Crippen molar-refractivity contribution in [1.29, 1.82) is 0 Å². The Balaban J connectivity index is -0.000000147. The maximum atomic E-state index is 9.82. The number of Topliss-reactive ketones (excluding diaryl/α,β-unsaturated/α-hetero) is 1. The van der Waals surface area contributed by atoms with Gasteiger partial charge in [-0.3, -0.25) is 4.79 Å². The first-order valence-electron chi connectivity index (χ1n) is 5.10. The van der Waals surface area contributed by atoms with Crippen molar-refractivity contribution < 1.29 is 19.1 Å². The maximum absolute atomic E-state index is 9.82. The van der Waals surface area contributed by atoms with E-state index >= 15 is 0 Å². The van der Waals surface area contributed by atoms with E-state index in [-0.39, 0.29) is 11.8 Å². The monoisotopic (exact) mass is 220 g/mol. The second kappa shape index (κ2) is 18.8. The van der Waals surface area contributed by atoms with Gasteiger partial charge in [-0.25, -0.2) is 0 Å². The lowest BCUT2D eigenvalue weighted by Gasteiger charge is -1.89. The second-order valence-electron chi connectivity index (χ2n) is 2.61. The van der Waals surface area contributed by atoms with Crippen molar-refractivity contribution in [2.75, 3.05) is 19.8 Å².